The van der Waals surface area contributed by atoms with Gasteiger partial charge in [0.25, 0.3) is 0 Å². The molecule has 1 rings (SSSR count). The highest BCUT2D eigenvalue weighted by Crippen LogP contribution is 2.20. The Morgan fingerprint density at radius 1 is 1.54 bits per heavy atom. The highest BCUT2D eigenvalue weighted by Gasteiger charge is 2.03. The first-order valence-electron chi connectivity index (χ1n) is 3.85. The third-order valence-corrected chi connectivity index (χ3v) is 2.04. The Morgan fingerprint density at radius 2 is 2.23 bits per heavy atom. The molecular weight excluding hydrogens is 190 g/mol. The van der Waals surface area contributed by atoms with Crippen LogP contribution in [0.4, 0.5) is 5.69 Å². The Labute approximate surface area is 81.1 Å². The van der Waals surface area contributed by atoms with Gasteiger partial charge < -0.3 is 10.8 Å². The maximum atomic E-state index is 10.3. The van der Waals surface area contributed by atoms with Gasteiger partial charge in [-0.05, 0) is 24.1 Å². The summed E-state index contributed by atoms with van der Waals surface area (Å²) in [6, 6.07) is 5.09. The summed E-state index contributed by atoms with van der Waals surface area (Å²) in [4.78, 5) is 10.3. The molecule has 0 spiro atoms. The van der Waals surface area contributed by atoms with Crippen molar-refractivity contribution < 1.29 is 9.90 Å². The number of carboxylic acids is 1. The predicted octanol–water partition coefficient (Wildman–Crippen LogP) is 1.94. The lowest BCUT2D eigenvalue weighted by Crippen LogP contribution is -1.98. The smallest absolute Gasteiger partial charge is 0.303 e. The molecule has 0 aliphatic carbocycles. The number of hydrogen-bond acceptors (Lipinski definition) is 2. The Bertz CT molecular complexity index is 325. The average molecular weight is 200 g/mol. The van der Waals surface area contributed by atoms with E-state index >= 15 is 0 Å². The summed E-state index contributed by atoms with van der Waals surface area (Å²) in [5, 5.41) is 8.98. The number of rotatable bonds is 3. The minimum atomic E-state index is -0.826. The molecule has 13 heavy (non-hydrogen) atoms. The lowest BCUT2D eigenvalue weighted by molar-refractivity contribution is -0.136. The molecule has 0 bridgehead atoms. The highest BCUT2D eigenvalue weighted by atomic mass is 35.5. The molecular formula is C9H10ClNO2. The molecule has 4 heteroatoms. The minimum Gasteiger partial charge on any atom is -0.481 e. The molecule has 1 aromatic rings. The van der Waals surface area contributed by atoms with Crippen LogP contribution in [0.5, 0.6) is 0 Å². The van der Waals surface area contributed by atoms with Crippen LogP contribution in [0.25, 0.3) is 0 Å². The summed E-state index contributed by atoms with van der Waals surface area (Å²) >= 11 is 5.84. The predicted molar refractivity (Wildman–Crippen MR) is 51.8 cm³/mol. The largest absolute Gasteiger partial charge is 0.481 e. The van der Waals surface area contributed by atoms with Crippen LogP contribution in [0.15, 0.2) is 18.2 Å². The molecule has 0 saturated carbocycles. The van der Waals surface area contributed by atoms with E-state index in [1.807, 2.05) is 0 Å². The fourth-order valence-corrected chi connectivity index (χ4v) is 1.29. The summed E-state index contributed by atoms with van der Waals surface area (Å²) in [7, 11) is 0. The van der Waals surface area contributed by atoms with Crippen molar-refractivity contribution in [2.45, 2.75) is 12.8 Å². The number of carbonyl (C=O) groups is 1. The lowest BCUT2D eigenvalue weighted by atomic mass is 10.1. The number of aryl methyl sites for hydroxylation is 1. The zero-order valence-corrected chi connectivity index (χ0v) is 7.71. The molecule has 3 N–H and O–H groups in total. The summed E-state index contributed by atoms with van der Waals surface area (Å²) in [5.41, 5.74) is 6.89. The molecule has 0 aromatic heterocycles. The van der Waals surface area contributed by atoms with E-state index in [9.17, 15) is 4.79 Å². The normalized spacial score (nSPS) is 9.92. The first-order valence-corrected chi connectivity index (χ1v) is 4.23. The van der Waals surface area contributed by atoms with Crippen molar-refractivity contribution >= 4 is 23.3 Å². The summed E-state index contributed by atoms with van der Waals surface area (Å²) in [6.45, 7) is 0. The molecule has 0 unspecified atom stereocenters. The summed E-state index contributed by atoms with van der Waals surface area (Å²) in [6.07, 6.45) is 0.526. The van der Waals surface area contributed by atoms with Gasteiger partial charge >= 0.3 is 5.97 Å². The van der Waals surface area contributed by atoms with Gasteiger partial charge in [-0.25, -0.2) is 0 Å². The molecule has 0 fully saturated rings. The zero-order valence-electron chi connectivity index (χ0n) is 6.96. The number of aliphatic carboxylic acids is 1. The van der Waals surface area contributed by atoms with Crippen molar-refractivity contribution in [1.82, 2.24) is 0 Å². The first kappa shape index (κ1) is 9.86. The van der Waals surface area contributed by atoms with Crippen molar-refractivity contribution in [1.29, 1.82) is 0 Å². The molecule has 3 nitrogen and oxygen atoms in total. The number of nitrogen functional groups attached to an aromatic ring is 1. The Morgan fingerprint density at radius 3 is 2.77 bits per heavy atom. The molecule has 1 aromatic carbocycles. The van der Waals surface area contributed by atoms with Crippen LogP contribution < -0.4 is 5.73 Å². The van der Waals surface area contributed by atoms with E-state index in [4.69, 9.17) is 22.4 Å². The van der Waals surface area contributed by atoms with E-state index in [1.165, 1.54) is 0 Å². The van der Waals surface area contributed by atoms with Gasteiger partial charge in [-0.3, -0.25) is 4.79 Å². The molecule has 0 aliphatic heterocycles. The SMILES string of the molecule is Nc1ccc(CCC(=O)O)c(Cl)c1. The highest BCUT2D eigenvalue weighted by molar-refractivity contribution is 6.31. The van der Waals surface area contributed by atoms with Crippen LogP contribution in [0, 0.1) is 0 Å². The molecule has 0 aliphatic rings. The number of halogens is 1. The summed E-state index contributed by atoms with van der Waals surface area (Å²) in [5.74, 6) is -0.826. The second kappa shape index (κ2) is 4.14. The topological polar surface area (TPSA) is 63.3 Å². The standard InChI is InChI=1S/C9H10ClNO2/c10-8-5-7(11)3-1-6(8)2-4-9(12)13/h1,3,5H,2,4,11H2,(H,12,13). The van der Waals surface area contributed by atoms with Gasteiger partial charge in [0.15, 0.2) is 0 Å². The molecule has 70 valence electrons. The Balaban J connectivity index is 2.72. The summed E-state index contributed by atoms with van der Waals surface area (Å²) < 4.78 is 0. The fourth-order valence-electron chi connectivity index (χ4n) is 1.01. The third kappa shape index (κ3) is 2.95. The van der Waals surface area contributed by atoms with E-state index in [2.05, 4.69) is 0 Å². The maximum absolute atomic E-state index is 10.3. The third-order valence-electron chi connectivity index (χ3n) is 1.69. The zero-order chi connectivity index (χ0) is 9.84. The maximum Gasteiger partial charge on any atom is 0.303 e. The number of nitrogens with two attached hydrogens (primary N) is 1. The van der Waals surface area contributed by atoms with Gasteiger partial charge in [0, 0.05) is 17.1 Å². The van der Waals surface area contributed by atoms with Gasteiger partial charge in [0.05, 0.1) is 0 Å². The van der Waals surface area contributed by atoms with E-state index in [-0.39, 0.29) is 6.42 Å². The van der Waals surface area contributed by atoms with Crippen molar-refractivity contribution in [3.63, 3.8) is 0 Å². The van der Waals surface area contributed by atoms with Crippen LogP contribution in [0.1, 0.15) is 12.0 Å². The molecule has 0 saturated heterocycles. The monoisotopic (exact) mass is 199 g/mol. The number of hydrogen-bond donors (Lipinski definition) is 2. The van der Waals surface area contributed by atoms with Gasteiger partial charge in [0.2, 0.25) is 0 Å². The van der Waals surface area contributed by atoms with Crippen molar-refractivity contribution in [3.8, 4) is 0 Å². The Kier molecular flexibility index (Phi) is 3.14. The van der Waals surface area contributed by atoms with Gasteiger partial charge in [0.1, 0.15) is 0 Å². The molecule has 0 amide bonds. The van der Waals surface area contributed by atoms with Crippen LogP contribution in [-0.2, 0) is 11.2 Å². The van der Waals surface area contributed by atoms with Crippen molar-refractivity contribution in [2.24, 2.45) is 0 Å². The van der Waals surface area contributed by atoms with E-state index in [0.717, 1.165) is 5.56 Å². The van der Waals surface area contributed by atoms with E-state index in [1.54, 1.807) is 18.2 Å². The second-order valence-corrected chi connectivity index (χ2v) is 3.15. The quantitative estimate of drug-likeness (QED) is 0.732. The van der Waals surface area contributed by atoms with Crippen LogP contribution >= 0.6 is 11.6 Å². The van der Waals surface area contributed by atoms with Crippen LogP contribution in [0.2, 0.25) is 5.02 Å². The lowest BCUT2D eigenvalue weighted by Gasteiger charge is -2.02. The van der Waals surface area contributed by atoms with Gasteiger partial charge in [-0.2, -0.15) is 0 Å². The average Bonchev–Trinajstić information content (AvgIpc) is 2.02. The van der Waals surface area contributed by atoms with Gasteiger partial charge in [-0.1, -0.05) is 17.7 Å². The van der Waals surface area contributed by atoms with Crippen LogP contribution in [0.3, 0.4) is 0 Å². The van der Waals surface area contributed by atoms with E-state index in [0.29, 0.717) is 17.1 Å². The fraction of sp³-hybridized carbons (Fsp3) is 0.222. The van der Waals surface area contributed by atoms with Crippen molar-refractivity contribution in [2.75, 3.05) is 5.73 Å². The van der Waals surface area contributed by atoms with Gasteiger partial charge in [-0.15, -0.1) is 0 Å². The number of carboxylic acid groups (broad SMARTS) is 1. The molecule has 0 heterocycles. The van der Waals surface area contributed by atoms with E-state index < -0.39 is 5.97 Å². The van der Waals surface area contributed by atoms with Crippen LogP contribution in [-0.4, -0.2) is 11.1 Å². The number of benzene rings is 1. The Hall–Kier alpha value is -1.22. The first-order chi connectivity index (χ1) is 6.09. The molecule has 0 radical (unpaired) electrons. The molecule has 0 atom stereocenters. The minimum absolute atomic E-state index is 0.0869. The number of anilines is 1. The second-order valence-electron chi connectivity index (χ2n) is 2.74. The van der Waals surface area contributed by atoms with Crippen molar-refractivity contribution in [3.05, 3.63) is 28.8 Å².